The SMILES string of the molecule is CCCCOc1ccccc1/C=N/N=C1/NC(=O)C(Cc2c(Cl)cccc2Cl)S1. The third kappa shape index (κ3) is 5.98. The molecule has 5 nitrogen and oxygen atoms in total. The van der Waals surface area contributed by atoms with E-state index in [1.165, 1.54) is 11.8 Å². The fourth-order valence-electron chi connectivity index (χ4n) is 2.69. The first kappa shape index (κ1) is 21.7. The highest BCUT2D eigenvalue weighted by atomic mass is 35.5. The van der Waals surface area contributed by atoms with Crippen molar-refractivity contribution in [3.8, 4) is 5.75 Å². The van der Waals surface area contributed by atoms with E-state index in [2.05, 4.69) is 22.4 Å². The lowest BCUT2D eigenvalue weighted by molar-refractivity contribution is -0.118. The van der Waals surface area contributed by atoms with Crippen molar-refractivity contribution in [2.45, 2.75) is 31.4 Å². The Morgan fingerprint density at radius 3 is 2.69 bits per heavy atom. The van der Waals surface area contributed by atoms with Crippen molar-refractivity contribution in [2.24, 2.45) is 10.2 Å². The highest BCUT2D eigenvalue weighted by molar-refractivity contribution is 8.15. The third-order valence-corrected chi connectivity index (χ3v) is 6.03. The van der Waals surface area contributed by atoms with E-state index in [1.54, 1.807) is 24.4 Å². The summed E-state index contributed by atoms with van der Waals surface area (Å²) >= 11 is 13.7. The van der Waals surface area contributed by atoms with E-state index in [0.29, 0.717) is 28.2 Å². The lowest BCUT2D eigenvalue weighted by Gasteiger charge is -2.09. The van der Waals surface area contributed by atoms with Gasteiger partial charge in [-0.3, -0.25) is 4.79 Å². The Balaban J connectivity index is 1.65. The molecule has 0 aromatic heterocycles. The van der Waals surface area contributed by atoms with Gasteiger partial charge in [-0.1, -0.05) is 66.5 Å². The monoisotopic (exact) mass is 449 g/mol. The first-order valence-corrected chi connectivity index (χ1v) is 10.9. The number of thioether (sulfide) groups is 1. The molecule has 2 aromatic rings. The van der Waals surface area contributed by atoms with Crippen LogP contribution in [0.25, 0.3) is 0 Å². The number of amidine groups is 1. The lowest BCUT2D eigenvalue weighted by atomic mass is 10.1. The van der Waals surface area contributed by atoms with E-state index in [1.807, 2.05) is 24.3 Å². The van der Waals surface area contributed by atoms with Crippen molar-refractivity contribution in [2.75, 3.05) is 6.61 Å². The molecule has 1 aliphatic rings. The normalized spacial score (nSPS) is 17.8. The molecule has 1 N–H and O–H groups in total. The predicted octanol–water partition coefficient (Wildman–Crippen LogP) is 5.34. The van der Waals surface area contributed by atoms with Crippen LogP contribution in [-0.4, -0.2) is 29.1 Å². The molecule has 1 unspecified atom stereocenters. The van der Waals surface area contributed by atoms with Crippen molar-refractivity contribution < 1.29 is 9.53 Å². The summed E-state index contributed by atoms with van der Waals surface area (Å²) in [6, 6.07) is 13.0. The summed E-state index contributed by atoms with van der Waals surface area (Å²) in [7, 11) is 0. The van der Waals surface area contributed by atoms with E-state index in [0.717, 1.165) is 29.7 Å². The standard InChI is InChI=1S/C21H21Cl2N3O2S/c1-2-3-11-28-18-10-5-4-7-14(18)13-24-26-21-25-20(27)19(29-21)12-15-16(22)8-6-9-17(15)23/h4-10,13,19H,2-3,11-12H2,1H3,(H,25,26,27)/b24-13+. The fraction of sp³-hybridized carbons (Fsp3) is 0.286. The van der Waals surface area contributed by atoms with Crippen LogP contribution in [0.5, 0.6) is 5.75 Å². The van der Waals surface area contributed by atoms with Gasteiger partial charge in [-0.25, -0.2) is 0 Å². The number of hydrogen-bond donors (Lipinski definition) is 1. The van der Waals surface area contributed by atoms with Crippen molar-refractivity contribution in [1.29, 1.82) is 0 Å². The average molecular weight is 450 g/mol. The Bertz CT molecular complexity index is 914. The van der Waals surface area contributed by atoms with Gasteiger partial charge in [0, 0.05) is 15.6 Å². The summed E-state index contributed by atoms with van der Waals surface area (Å²) in [6.45, 7) is 2.78. The molecule has 0 spiro atoms. The highest BCUT2D eigenvalue weighted by Gasteiger charge is 2.31. The smallest absolute Gasteiger partial charge is 0.239 e. The summed E-state index contributed by atoms with van der Waals surface area (Å²) in [5.74, 6) is 0.627. The Morgan fingerprint density at radius 2 is 1.93 bits per heavy atom. The number of para-hydroxylation sites is 1. The van der Waals surface area contributed by atoms with Crippen LogP contribution in [0.3, 0.4) is 0 Å². The van der Waals surface area contributed by atoms with E-state index in [9.17, 15) is 4.79 Å². The second-order valence-electron chi connectivity index (χ2n) is 6.39. The zero-order chi connectivity index (χ0) is 20.6. The molecule has 2 aromatic carbocycles. The van der Waals surface area contributed by atoms with Gasteiger partial charge in [0.2, 0.25) is 5.91 Å². The maximum atomic E-state index is 12.3. The molecule has 1 fully saturated rings. The van der Waals surface area contributed by atoms with Crippen LogP contribution in [0.4, 0.5) is 0 Å². The number of rotatable bonds is 8. The van der Waals surface area contributed by atoms with Crippen LogP contribution >= 0.6 is 35.0 Å². The Morgan fingerprint density at radius 1 is 1.17 bits per heavy atom. The molecule has 29 heavy (non-hydrogen) atoms. The molecule has 1 atom stereocenters. The Kier molecular flexibility index (Phi) is 7.98. The van der Waals surface area contributed by atoms with Gasteiger partial charge in [0.1, 0.15) is 5.75 Å². The Hall–Kier alpha value is -2.02. The van der Waals surface area contributed by atoms with Gasteiger partial charge in [0.05, 0.1) is 18.1 Å². The molecule has 0 aliphatic carbocycles. The molecule has 8 heteroatoms. The van der Waals surface area contributed by atoms with Crippen LogP contribution in [0.2, 0.25) is 10.0 Å². The number of nitrogens with zero attached hydrogens (tertiary/aromatic N) is 2. The molecule has 152 valence electrons. The molecule has 0 saturated carbocycles. The van der Waals surface area contributed by atoms with E-state index < -0.39 is 0 Å². The molecule has 1 saturated heterocycles. The zero-order valence-corrected chi connectivity index (χ0v) is 18.2. The summed E-state index contributed by atoms with van der Waals surface area (Å²) in [5.41, 5.74) is 1.59. The van der Waals surface area contributed by atoms with Gasteiger partial charge in [-0.05, 0) is 42.7 Å². The summed E-state index contributed by atoms with van der Waals surface area (Å²) in [4.78, 5) is 12.3. The van der Waals surface area contributed by atoms with Crippen molar-refractivity contribution in [1.82, 2.24) is 5.32 Å². The number of benzene rings is 2. The minimum atomic E-state index is -0.356. The quantitative estimate of drug-likeness (QED) is 0.336. The molecular formula is C21H21Cl2N3O2S. The van der Waals surface area contributed by atoms with Crippen LogP contribution in [0, 0.1) is 0 Å². The van der Waals surface area contributed by atoms with Crippen LogP contribution in [0.1, 0.15) is 30.9 Å². The summed E-state index contributed by atoms with van der Waals surface area (Å²) in [6.07, 6.45) is 4.11. The van der Waals surface area contributed by atoms with Crippen LogP contribution < -0.4 is 10.1 Å². The number of unbranched alkanes of at least 4 members (excludes halogenated alkanes) is 1. The Labute approximate surface area is 184 Å². The van der Waals surface area contributed by atoms with E-state index in [4.69, 9.17) is 27.9 Å². The third-order valence-electron chi connectivity index (χ3n) is 4.25. The zero-order valence-electron chi connectivity index (χ0n) is 15.9. The molecule has 1 amide bonds. The number of amides is 1. The molecule has 1 heterocycles. The topological polar surface area (TPSA) is 63.1 Å². The van der Waals surface area contributed by atoms with E-state index in [-0.39, 0.29) is 11.2 Å². The number of hydrogen-bond acceptors (Lipinski definition) is 5. The summed E-state index contributed by atoms with van der Waals surface area (Å²) < 4.78 is 5.78. The maximum Gasteiger partial charge on any atom is 0.239 e. The minimum absolute atomic E-state index is 0.136. The lowest BCUT2D eigenvalue weighted by Crippen LogP contribution is -2.26. The second-order valence-corrected chi connectivity index (χ2v) is 8.40. The first-order chi connectivity index (χ1) is 14.1. The predicted molar refractivity (Wildman–Crippen MR) is 122 cm³/mol. The van der Waals surface area contributed by atoms with Crippen LogP contribution in [-0.2, 0) is 11.2 Å². The van der Waals surface area contributed by atoms with E-state index >= 15 is 0 Å². The van der Waals surface area contributed by atoms with Gasteiger partial charge in [-0.15, -0.1) is 5.10 Å². The molecular weight excluding hydrogens is 429 g/mol. The average Bonchev–Trinajstić information content (AvgIpc) is 3.05. The fourth-order valence-corrected chi connectivity index (χ4v) is 4.18. The van der Waals surface area contributed by atoms with Crippen molar-refractivity contribution in [3.63, 3.8) is 0 Å². The number of halogens is 2. The molecule has 3 rings (SSSR count). The molecule has 1 aliphatic heterocycles. The summed E-state index contributed by atoms with van der Waals surface area (Å²) in [5, 5.41) is 12.2. The van der Waals surface area contributed by atoms with Crippen LogP contribution in [0.15, 0.2) is 52.7 Å². The highest BCUT2D eigenvalue weighted by Crippen LogP contribution is 2.30. The largest absolute Gasteiger partial charge is 0.493 e. The van der Waals surface area contributed by atoms with Gasteiger partial charge >= 0.3 is 0 Å². The number of carbonyl (C=O) groups excluding carboxylic acids is 1. The molecule has 0 radical (unpaired) electrons. The van der Waals surface area contributed by atoms with Gasteiger partial charge in [0.25, 0.3) is 0 Å². The van der Waals surface area contributed by atoms with Gasteiger partial charge < -0.3 is 10.1 Å². The van der Waals surface area contributed by atoms with Gasteiger partial charge in [-0.2, -0.15) is 5.10 Å². The first-order valence-electron chi connectivity index (χ1n) is 9.31. The number of nitrogens with one attached hydrogen (secondary N) is 1. The second kappa shape index (κ2) is 10.7. The number of ether oxygens (including phenoxy) is 1. The number of carbonyl (C=O) groups is 1. The van der Waals surface area contributed by atoms with Crippen molar-refractivity contribution >= 4 is 52.3 Å². The minimum Gasteiger partial charge on any atom is -0.493 e. The molecule has 0 bridgehead atoms. The van der Waals surface area contributed by atoms with Gasteiger partial charge in [0.15, 0.2) is 5.17 Å². The van der Waals surface area contributed by atoms with Crippen molar-refractivity contribution in [3.05, 3.63) is 63.6 Å². The maximum absolute atomic E-state index is 12.3.